The molecule has 0 aliphatic carbocycles. The van der Waals surface area contributed by atoms with Crippen molar-refractivity contribution in [2.24, 2.45) is 0 Å². The van der Waals surface area contributed by atoms with Crippen molar-refractivity contribution in [3.63, 3.8) is 0 Å². The van der Waals surface area contributed by atoms with Crippen LogP contribution in [-0.2, 0) is 11.3 Å². The Kier molecular flexibility index (Phi) is 4.98. The Balaban J connectivity index is 2.05. The van der Waals surface area contributed by atoms with E-state index in [1.54, 1.807) is 13.2 Å². The van der Waals surface area contributed by atoms with Gasteiger partial charge in [-0.1, -0.05) is 18.0 Å². The van der Waals surface area contributed by atoms with Crippen LogP contribution in [0, 0.1) is 5.82 Å². The van der Waals surface area contributed by atoms with Gasteiger partial charge in [0.05, 0.1) is 6.61 Å². The van der Waals surface area contributed by atoms with E-state index in [0.717, 1.165) is 31.7 Å². The molecule has 2 rings (SSSR count). The molecule has 0 amide bonds. The van der Waals surface area contributed by atoms with Crippen molar-refractivity contribution in [1.29, 1.82) is 0 Å². The summed E-state index contributed by atoms with van der Waals surface area (Å²) < 4.78 is 18.6. The molecule has 4 heteroatoms. The van der Waals surface area contributed by atoms with Crippen LogP contribution >= 0.6 is 11.6 Å². The fourth-order valence-corrected chi connectivity index (χ4v) is 2.83. The highest BCUT2D eigenvalue weighted by molar-refractivity contribution is 6.30. The van der Waals surface area contributed by atoms with Gasteiger partial charge in [-0.25, -0.2) is 4.39 Å². The zero-order valence-electron chi connectivity index (χ0n) is 10.7. The van der Waals surface area contributed by atoms with E-state index < -0.39 is 0 Å². The Bertz CT molecular complexity index is 377. The standard InChI is InChI=1S/C14H19ClFNO/c1-18-10-14-4-2-3-5-17(14)9-11-6-12(15)8-13(16)7-11/h6-8,14H,2-5,9-10H2,1H3/t14-/m0/s1. The van der Waals surface area contributed by atoms with Crippen LogP contribution in [0.4, 0.5) is 4.39 Å². The molecule has 0 radical (unpaired) electrons. The summed E-state index contributed by atoms with van der Waals surface area (Å²) in [4.78, 5) is 2.36. The fraction of sp³-hybridized carbons (Fsp3) is 0.571. The number of methoxy groups -OCH3 is 1. The van der Waals surface area contributed by atoms with Gasteiger partial charge in [0.15, 0.2) is 0 Å². The van der Waals surface area contributed by atoms with Crippen molar-refractivity contribution in [3.05, 3.63) is 34.6 Å². The Morgan fingerprint density at radius 1 is 1.39 bits per heavy atom. The van der Waals surface area contributed by atoms with Gasteiger partial charge in [-0.15, -0.1) is 0 Å². The van der Waals surface area contributed by atoms with Crippen molar-refractivity contribution < 1.29 is 9.13 Å². The highest BCUT2D eigenvalue weighted by Gasteiger charge is 2.22. The number of likely N-dealkylation sites (tertiary alicyclic amines) is 1. The van der Waals surface area contributed by atoms with Gasteiger partial charge in [-0.2, -0.15) is 0 Å². The second kappa shape index (κ2) is 6.50. The molecule has 1 atom stereocenters. The minimum atomic E-state index is -0.266. The van der Waals surface area contributed by atoms with Gasteiger partial charge in [-0.05, 0) is 43.1 Å². The van der Waals surface area contributed by atoms with Crippen molar-refractivity contribution in [3.8, 4) is 0 Å². The zero-order chi connectivity index (χ0) is 13.0. The van der Waals surface area contributed by atoms with Crippen LogP contribution in [0.15, 0.2) is 18.2 Å². The van der Waals surface area contributed by atoms with Crippen LogP contribution in [0.1, 0.15) is 24.8 Å². The predicted molar refractivity (Wildman–Crippen MR) is 71.3 cm³/mol. The molecular formula is C14H19ClFNO. The maximum atomic E-state index is 13.3. The second-order valence-electron chi connectivity index (χ2n) is 4.85. The van der Waals surface area contributed by atoms with Gasteiger partial charge in [-0.3, -0.25) is 4.90 Å². The van der Waals surface area contributed by atoms with Crippen LogP contribution in [0.5, 0.6) is 0 Å². The summed E-state index contributed by atoms with van der Waals surface area (Å²) in [5.74, 6) is -0.266. The van der Waals surface area contributed by atoms with E-state index in [1.165, 1.54) is 18.9 Å². The van der Waals surface area contributed by atoms with E-state index in [1.807, 2.05) is 6.07 Å². The lowest BCUT2D eigenvalue weighted by Crippen LogP contribution is -2.41. The highest BCUT2D eigenvalue weighted by atomic mass is 35.5. The molecule has 2 nitrogen and oxygen atoms in total. The number of rotatable bonds is 4. The first-order chi connectivity index (χ1) is 8.69. The molecule has 0 saturated carbocycles. The Labute approximate surface area is 113 Å². The monoisotopic (exact) mass is 271 g/mol. The Morgan fingerprint density at radius 2 is 2.22 bits per heavy atom. The average molecular weight is 272 g/mol. The fourth-order valence-electron chi connectivity index (χ4n) is 2.59. The van der Waals surface area contributed by atoms with E-state index in [9.17, 15) is 4.39 Å². The highest BCUT2D eigenvalue weighted by Crippen LogP contribution is 2.22. The van der Waals surface area contributed by atoms with E-state index >= 15 is 0 Å². The molecule has 1 saturated heterocycles. The molecule has 0 N–H and O–H groups in total. The van der Waals surface area contributed by atoms with Gasteiger partial charge in [0.2, 0.25) is 0 Å². The van der Waals surface area contributed by atoms with Crippen LogP contribution in [-0.4, -0.2) is 31.2 Å². The molecule has 1 aliphatic rings. The first kappa shape index (κ1) is 13.8. The first-order valence-corrected chi connectivity index (χ1v) is 6.75. The summed E-state index contributed by atoms with van der Waals surface area (Å²) in [5.41, 5.74) is 0.933. The lowest BCUT2D eigenvalue weighted by atomic mass is 10.0. The van der Waals surface area contributed by atoms with Crippen molar-refractivity contribution >= 4 is 11.6 Å². The van der Waals surface area contributed by atoms with Crippen LogP contribution < -0.4 is 0 Å². The van der Waals surface area contributed by atoms with Crippen molar-refractivity contribution in [1.82, 2.24) is 4.90 Å². The van der Waals surface area contributed by atoms with Gasteiger partial charge in [0.1, 0.15) is 5.82 Å². The summed E-state index contributed by atoms with van der Waals surface area (Å²) in [6, 6.07) is 5.17. The Hall–Kier alpha value is -0.640. The molecule has 0 aromatic heterocycles. The first-order valence-electron chi connectivity index (χ1n) is 6.37. The predicted octanol–water partition coefficient (Wildman–Crippen LogP) is 3.48. The summed E-state index contributed by atoms with van der Waals surface area (Å²) in [7, 11) is 1.73. The lowest BCUT2D eigenvalue weighted by molar-refractivity contribution is 0.0600. The van der Waals surface area contributed by atoms with Gasteiger partial charge in [0, 0.05) is 24.7 Å². The lowest BCUT2D eigenvalue weighted by Gasteiger charge is -2.35. The minimum absolute atomic E-state index is 0.266. The third-order valence-corrected chi connectivity index (χ3v) is 3.63. The van der Waals surface area contributed by atoms with E-state index in [-0.39, 0.29) is 5.82 Å². The van der Waals surface area contributed by atoms with E-state index in [0.29, 0.717) is 11.1 Å². The number of benzene rings is 1. The second-order valence-corrected chi connectivity index (χ2v) is 5.29. The maximum Gasteiger partial charge on any atom is 0.125 e. The number of halogens is 2. The number of ether oxygens (including phenoxy) is 1. The van der Waals surface area contributed by atoms with Gasteiger partial charge in [0.25, 0.3) is 0 Å². The molecule has 1 heterocycles. The average Bonchev–Trinajstić information content (AvgIpc) is 2.30. The molecular weight excluding hydrogens is 253 g/mol. The SMILES string of the molecule is COC[C@@H]1CCCCN1Cc1cc(F)cc(Cl)c1. The molecule has 18 heavy (non-hydrogen) atoms. The summed E-state index contributed by atoms with van der Waals surface area (Å²) in [6.45, 7) is 2.52. The molecule has 100 valence electrons. The third kappa shape index (κ3) is 3.67. The molecule has 1 aromatic rings. The number of hydrogen-bond donors (Lipinski definition) is 0. The number of hydrogen-bond acceptors (Lipinski definition) is 2. The normalized spacial score (nSPS) is 21.2. The number of piperidine rings is 1. The molecule has 0 spiro atoms. The molecule has 1 fully saturated rings. The van der Waals surface area contributed by atoms with Gasteiger partial charge >= 0.3 is 0 Å². The third-order valence-electron chi connectivity index (χ3n) is 3.42. The molecule has 1 aromatic carbocycles. The van der Waals surface area contributed by atoms with Crippen LogP contribution in [0.2, 0.25) is 5.02 Å². The van der Waals surface area contributed by atoms with Crippen molar-refractivity contribution in [2.45, 2.75) is 31.8 Å². The number of nitrogens with zero attached hydrogens (tertiary/aromatic N) is 1. The summed E-state index contributed by atoms with van der Waals surface area (Å²) in [5, 5.41) is 0.463. The quantitative estimate of drug-likeness (QED) is 0.831. The van der Waals surface area contributed by atoms with Crippen LogP contribution in [0.25, 0.3) is 0 Å². The minimum Gasteiger partial charge on any atom is -0.383 e. The molecule has 0 unspecified atom stereocenters. The van der Waals surface area contributed by atoms with E-state index in [2.05, 4.69) is 4.90 Å². The van der Waals surface area contributed by atoms with E-state index in [4.69, 9.17) is 16.3 Å². The molecule has 1 aliphatic heterocycles. The van der Waals surface area contributed by atoms with Crippen molar-refractivity contribution in [2.75, 3.05) is 20.3 Å². The zero-order valence-corrected chi connectivity index (χ0v) is 11.4. The topological polar surface area (TPSA) is 12.5 Å². The smallest absolute Gasteiger partial charge is 0.125 e. The maximum absolute atomic E-state index is 13.3. The summed E-state index contributed by atoms with van der Waals surface area (Å²) in [6.07, 6.45) is 3.59. The summed E-state index contributed by atoms with van der Waals surface area (Å²) >= 11 is 5.88. The Morgan fingerprint density at radius 3 is 2.94 bits per heavy atom. The molecule has 0 bridgehead atoms. The van der Waals surface area contributed by atoms with Crippen LogP contribution in [0.3, 0.4) is 0 Å². The van der Waals surface area contributed by atoms with Gasteiger partial charge < -0.3 is 4.74 Å². The largest absolute Gasteiger partial charge is 0.383 e.